The number of benzene rings is 2. The molecule has 1 N–H and O–H groups in total. The second kappa shape index (κ2) is 10.9. The molecule has 2 aromatic rings. The minimum atomic E-state index is -3.75. The predicted octanol–water partition coefficient (Wildman–Crippen LogP) is 3.83. The molecule has 9 heteroatoms. The molecule has 1 heterocycles. The fraction of sp³-hybridized carbons (Fsp3) is 0.429. The number of aryl methyl sites for hydroxylation is 1. The number of nitrogens with one attached hydrogen (secondary N) is 1. The molecule has 0 aromatic heterocycles. The van der Waals surface area contributed by atoms with Crippen LogP contribution in [-0.2, 0) is 23.0 Å². The van der Waals surface area contributed by atoms with Crippen LogP contribution in [0, 0.1) is 17.0 Å². The molecule has 2 aromatic carbocycles. The summed E-state index contributed by atoms with van der Waals surface area (Å²) < 4.78 is 27.5. The molecule has 0 aliphatic carbocycles. The highest BCUT2D eigenvalue weighted by molar-refractivity contribution is 7.89. The molecule has 164 valence electrons. The number of unbranched alkanes of at least 4 members (excludes halogenated alkanes) is 2. The Kier molecular flexibility index (Phi) is 8.78. The van der Waals surface area contributed by atoms with Crippen LogP contribution in [0.1, 0.15) is 36.0 Å². The minimum absolute atomic E-state index is 0. The molecule has 1 aliphatic heterocycles. The van der Waals surface area contributed by atoms with Crippen LogP contribution in [0.2, 0.25) is 0 Å². The van der Waals surface area contributed by atoms with Crippen molar-refractivity contribution in [1.29, 1.82) is 0 Å². The summed E-state index contributed by atoms with van der Waals surface area (Å²) in [6, 6.07) is 12.4. The van der Waals surface area contributed by atoms with Crippen molar-refractivity contribution in [3.8, 4) is 0 Å². The van der Waals surface area contributed by atoms with Gasteiger partial charge in [0.05, 0.1) is 9.82 Å². The van der Waals surface area contributed by atoms with Crippen molar-refractivity contribution in [2.45, 2.75) is 44.0 Å². The Morgan fingerprint density at radius 1 is 1.10 bits per heavy atom. The molecular formula is C21H28ClN3O4S. The van der Waals surface area contributed by atoms with Gasteiger partial charge in [0.1, 0.15) is 0 Å². The van der Waals surface area contributed by atoms with E-state index in [4.69, 9.17) is 0 Å². The molecule has 0 bridgehead atoms. The summed E-state index contributed by atoms with van der Waals surface area (Å²) in [5, 5.41) is 10.9. The topological polar surface area (TPSA) is 92.5 Å². The zero-order valence-corrected chi connectivity index (χ0v) is 18.7. The second-order valence-electron chi connectivity index (χ2n) is 7.46. The molecule has 3 rings (SSSR count). The van der Waals surface area contributed by atoms with E-state index in [2.05, 4.69) is 33.9 Å². The van der Waals surface area contributed by atoms with E-state index in [1.807, 2.05) is 0 Å². The fourth-order valence-electron chi connectivity index (χ4n) is 3.66. The Labute approximate surface area is 184 Å². The van der Waals surface area contributed by atoms with Gasteiger partial charge in [-0.3, -0.25) is 15.0 Å². The lowest BCUT2D eigenvalue weighted by Gasteiger charge is -2.28. The van der Waals surface area contributed by atoms with Crippen molar-refractivity contribution < 1.29 is 13.3 Å². The van der Waals surface area contributed by atoms with Crippen LogP contribution in [0.3, 0.4) is 0 Å². The third kappa shape index (κ3) is 6.25. The van der Waals surface area contributed by atoms with Crippen LogP contribution in [-0.4, -0.2) is 37.9 Å². The van der Waals surface area contributed by atoms with Crippen molar-refractivity contribution in [2.24, 2.45) is 0 Å². The molecule has 30 heavy (non-hydrogen) atoms. The Morgan fingerprint density at radius 2 is 1.83 bits per heavy atom. The molecule has 0 amide bonds. The highest BCUT2D eigenvalue weighted by Crippen LogP contribution is 2.22. The van der Waals surface area contributed by atoms with Crippen molar-refractivity contribution in [1.82, 2.24) is 9.62 Å². The van der Waals surface area contributed by atoms with Gasteiger partial charge >= 0.3 is 0 Å². The molecule has 0 unspecified atom stereocenters. The zero-order chi connectivity index (χ0) is 20.9. The molecule has 1 aliphatic rings. The number of nitro groups is 1. The maximum atomic E-state index is 12.5. The second-order valence-corrected chi connectivity index (χ2v) is 9.20. The first-order valence-electron chi connectivity index (χ1n) is 9.91. The van der Waals surface area contributed by atoms with Gasteiger partial charge in [0.2, 0.25) is 10.0 Å². The summed E-state index contributed by atoms with van der Waals surface area (Å²) in [6.07, 6.45) is 3.75. The monoisotopic (exact) mass is 453 g/mol. The van der Waals surface area contributed by atoms with Crippen LogP contribution in [0.4, 0.5) is 5.69 Å². The van der Waals surface area contributed by atoms with Gasteiger partial charge in [-0.05, 0) is 49.4 Å². The summed E-state index contributed by atoms with van der Waals surface area (Å²) in [5.41, 5.74) is 3.11. The Hall–Kier alpha value is -2.00. The highest BCUT2D eigenvalue weighted by atomic mass is 35.5. The Morgan fingerprint density at radius 3 is 2.57 bits per heavy atom. The standard InChI is InChI=1S/C21H27N3O4S.ClH/c1-17-9-10-20(24(25)26)15-21(17)29(27,28)22-12-5-2-6-13-23-14-11-18-7-3-4-8-19(18)16-23;/h3-4,7-10,15,22H,2,5-6,11-14,16H2,1H3;1H. The van der Waals surface area contributed by atoms with Crippen molar-refractivity contribution >= 4 is 28.1 Å². The largest absolute Gasteiger partial charge is 0.299 e. The molecule has 0 atom stereocenters. The number of fused-ring (bicyclic) bond motifs is 1. The molecule has 0 fully saturated rings. The average molecular weight is 454 g/mol. The van der Waals surface area contributed by atoms with Crippen molar-refractivity contribution in [3.05, 3.63) is 69.3 Å². The lowest BCUT2D eigenvalue weighted by atomic mass is 10.00. The van der Waals surface area contributed by atoms with Crippen LogP contribution in [0.5, 0.6) is 0 Å². The van der Waals surface area contributed by atoms with E-state index in [0.29, 0.717) is 12.1 Å². The predicted molar refractivity (Wildman–Crippen MR) is 120 cm³/mol. The average Bonchev–Trinajstić information content (AvgIpc) is 2.70. The fourth-order valence-corrected chi connectivity index (χ4v) is 4.99. The molecule has 0 saturated carbocycles. The first-order valence-corrected chi connectivity index (χ1v) is 11.4. The van der Waals surface area contributed by atoms with E-state index in [-0.39, 0.29) is 23.0 Å². The van der Waals surface area contributed by atoms with E-state index in [9.17, 15) is 18.5 Å². The summed E-state index contributed by atoms with van der Waals surface area (Å²) in [4.78, 5) is 12.7. The van der Waals surface area contributed by atoms with E-state index < -0.39 is 14.9 Å². The van der Waals surface area contributed by atoms with E-state index in [1.165, 1.54) is 23.3 Å². The SMILES string of the molecule is Cc1ccc([N+](=O)[O-])cc1S(=O)(=O)NCCCCCN1CCc2ccccc2C1.Cl. The maximum Gasteiger partial charge on any atom is 0.270 e. The van der Waals surface area contributed by atoms with E-state index in [1.54, 1.807) is 6.92 Å². The number of hydrogen-bond donors (Lipinski definition) is 1. The number of halogens is 1. The smallest absolute Gasteiger partial charge is 0.270 e. The third-order valence-electron chi connectivity index (χ3n) is 5.32. The summed E-state index contributed by atoms with van der Waals surface area (Å²) in [6.45, 7) is 5.01. The number of sulfonamides is 1. The number of nitro benzene ring substituents is 1. The van der Waals surface area contributed by atoms with Crippen LogP contribution in [0.15, 0.2) is 47.4 Å². The number of non-ortho nitro benzene ring substituents is 1. The molecular weight excluding hydrogens is 426 g/mol. The third-order valence-corrected chi connectivity index (χ3v) is 6.93. The van der Waals surface area contributed by atoms with Gasteiger partial charge in [-0.25, -0.2) is 13.1 Å². The van der Waals surface area contributed by atoms with Crippen LogP contribution < -0.4 is 4.72 Å². The lowest BCUT2D eigenvalue weighted by Crippen LogP contribution is -2.31. The first kappa shape index (κ1) is 24.3. The maximum absolute atomic E-state index is 12.5. The Bertz CT molecular complexity index is 982. The molecule has 0 spiro atoms. The van der Waals surface area contributed by atoms with Crippen LogP contribution in [0.25, 0.3) is 0 Å². The van der Waals surface area contributed by atoms with Gasteiger partial charge in [-0.2, -0.15) is 0 Å². The van der Waals surface area contributed by atoms with Gasteiger partial charge < -0.3 is 0 Å². The Balaban J connectivity index is 0.00000320. The first-order chi connectivity index (χ1) is 13.9. The summed E-state index contributed by atoms with van der Waals surface area (Å²) in [7, 11) is -3.75. The zero-order valence-electron chi connectivity index (χ0n) is 17.0. The van der Waals surface area contributed by atoms with Gasteiger partial charge in [0.15, 0.2) is 0 Å². The highest BCUT2D eigenvalue weighted by Gasteiger charge is 2.20. The molecule has 0 saturated heterocycles. The van der Waals surface area contributed by atoms with Gasteiger partial charge in [-0.1, -0.05) is 36.8 Å². The lowest BCUT2D eigenvalue weighted by molar-refractivity contribution is -0.385. The van der Waals surface area contributed by atoms with Crippen molar-refractivity contribution in [2.75, 3.05) is 19.6 Å². The van der Waals surface area contributed by atoms with E-state index in [0.717, 1.165) is 51.4 Å². The minimum Gasteiger partial charge on any atom is -0.299 e. The van der Waals surface area contributed by atoms with Crippen LogP contribution >= 0.6 is 12.4 Å². The normalized spacial score (nSPS) is 14.0. The number of nitrogens with zero attached hydrogens (tertiary/aromatic N) is 2. The van der Waals surface area contributed by atoms with Gasteiger partial charge in [0, 0.05) is 31.8 Å². The molecule has 0 radical (unpaired) electrons. The summed E-state index contributed by atoms with van der Waals surface area (Å²) >= 11 is 0. The van der Waals surface area contributed by atoms with Gasteiger partial charge in [0.25, 0.3) is 5.69 Å². The quantitative estimate of drug-likeness (QED) is 0.354. The van der Waals surface area contributed by atoms with Gasteiger partial charge in [-0.15, -0.1) is 12.4 Å². The number of hydrogen-bond acceptors (Lipinski definition) is 5. The number of rotatable bonds is 9. The molecule has 7 nitrogen and oxygen atoms in total. The van der Waals surface area contributed by atoms with E-state index >= 15 is 0 Å². The summed E-state index contributed by atoms with van der Waals surface area (Å²) in [5.74, 6) is 0. The van der Waals surface area contributed by atoms with Crippen molar-refractivity contribution in [3.63, 3.8) is 0 Å².